The van der Waals surface area contributed by atoms with Crippen LogP contribution in [-0.2, 0) is 6.61 Å². The highest BCUT2D eigenvalue weighted by Gasteiger charge is 2.20. The number of amides is 1. The number of aromatic hydroxyl groups is 1. The molecule has 0 aliphatic rings. The molecule has 25 heavy (non-hydrogen) atoms. The van der Waals surface area contributed by atoms with E-state index in [4.69, 9.17) is 5.73 Å². The number of nitrogens with zero attached hydrogens (tertiary/aromatic N) is 1. The lowest BCUT2D eigenvalue weighted by Gasteiger charge is -2.06. The predicted octanol–water partition coefficient (Wildman–Crippen LogP) is 3.66. The van der Waals surface area contributed by atoms with Crippen LogP contribution >= 0.6 is 11.3 Å². The summed E-state index contributed by atoms with van der Waals surface area (Å²) in [6.07, 6.45) is 0. The molecular weight excluding hydrogens is 338 g/mol. The molecule has 7 heteroatoms. The zero-order valence-electron chi connectivity index (χ0n) is 14.3. The molecular formula is C18H21N3O3S. The Labute approximate surface area is 150 Å². The van der Waals surface area contributed by atoms with Crippen molar-refractivity contribution in [1.82, 2.24) is 4.98 Å². The van der Waals surface area contributed by atoms with E-state index in [1.807, 2.05) is 20.8 Å². The lowest BCUT2D eigenvalue weighted by atomic mass is 10.1. The summed E-state index contributed by atoms with van der Waals surface area (Å²) in [5.41, 5.74) is 8.07. The maximum atomic E-state index is 12.5. The third-order valence-electron chi connectivity index (χ3n) is 3.44. The third-order valence-corrected chi connectivity index (χ3v) is 4.54. The number of thiophene rings is 1. The lowest BCUT2D eigenvalue weighted by Crippen LogP contribution is -2.12. The van der Waals surface area contributed by atoms with Gasteiger partial charge in [-0.2, -0.15) is 0 Å². The average Bonchev–Trinajstić information content (AvgIpc) is 2.94. The summed E-state index contributed by atoms with van der Waals surface area (Å²) in [4.78, 5) is 17.7. The number of fused-ring (bicyclic) bond motifs is 1. The van der Waals surface area contributed by atoms with Crippen molar-refractivity contribution >= 4 is 38.8 Å². The molecule has 0 unspecified atom stereocenters. The van der Waals surface area contributed by atoms with Gasteiger partial charge in [-0.05, 0) is 30.7 Å². The largest absolute Gasteiger partial charge is 0.506 e. The first kappa shape index (κ1) is 18.7. The van der Waals surface area contributed by atoms with Crippen molar-refractivity contribution in [2.75, 3.05) is 11.1 Å². The molecule has 0 spiro atoms. The third kappa shape index (κ3) is 3.72. The molecule has 0 saturated carbocycles. The minimum Gasteiger partial charge on any atom is -0.506 e. The van der Waals surface area contributed by atoms with Crippen LogP contribution in [0.3, 0.4) is 0 Å². The molecule has 1 amide bonds. The number of nitrogens with one attached hydrogen (secondary N) is 1. The first-order valence-corrected chi connectivity index (χ1v) is 8.71. The second-order valence-corrected chi connectivity index (χ2v) is 6.08. The van der Waals surface area contributed by atoms with Gasteiger partial charge in [-0.3, -0.25) is 4.79 Å². The molecule has 0 atom stereocenters. The SMILES string of the molecule is CC.Cc1cc(CO)c2c(N)c(C(=O)Nc3ccccc3O)sc2n1. The van der Waals surface area contributed by atoms with Gasteiger partial charge < -0.3 is 21.3 Å². The highest BCUT2D eigenvalue weighted by atomic mass is 32.1. The number of nitrogens with two attached hydrogens (primary N) is 1. The van der Waals surface area contributed by atoms with E-state index < -0.39 is 5.91 Å². The van der Waals surface area contributed by atoms with Gasteiger partial charge in [0, 0.05) is 11.1 Å². The van der Waals surface area contributed by atoms with Crippen molar-refractivity contribution in [3.8, 4) is 5.75 Å². The zero-order chi connectivity index (χ0) is 18.6. The number of benzene rings is 1. The van der Waals surface area contributed by atoms with Crippen molar-refractivity contribution in [2.45, 2.75) is 27.4 Å². The molecule has 6 nitrogen and oxygen atoms in total. The number of hydrogen-bond donors (Lipinski definition) is 4. The molecule has 0 bridgehead atoms. The van der Waals surface area contributed by atoms with Crippen LogP contribution in [0.1, 0.15) is 34.8 Å². The Morgan fingerprint density at radius 1 is 1.32 bits per heavy atom. The summed E-state index contributed by atoms with van der Waals surface area (Å²) in [5, 5.41) is 22.5. The zero-order valence-corrected chi connectivity index (χ0v) is 15.1. The normalized spacial score (nSPS) is 10.2. The molecule has 0 fully saturated rings. The Kier molecular flexibility index (Phi) is 5.95. The molecule has 3 aromatic rings. The molecule has 1 aromatic carbocycles. The van der Waals surface area contributed by atoms with Crippen LogP contribution in [0.2, 0.25) is 0 Å². The maximum absolute atomic E-state index is 12.5. The Hall–Kier alpha value is -2.64. The number of rotatable bonds is 3. The number of carbonyl (C=O) groups excluding carboxylic acids is 1. The second-order valence-electron chi connectivity index (χ2n) is 5.08. The number of aliphatic hydroxyl groups is 1. The second kappa shape index (κ2) is 7.96. The maximum Gasteiger partial charge on any atom is 0.268 e. The Balaban J connectivity index is 0.00000109. The van der Waals surface area contributed by atoms with Gasteiger partial charge in [0.05, 0.1) is 18.0 Å². The average molecular weight is 359 g/mol. The summed E-state index contributed by atoms with van der Waals surface area (Å²) in [5.74, 6) is -0.445. The van der Waals surface area contributed by atoms with E-state index in [-0.39, 0.29) is 18.0 Å². The smallest absolute Gasteiger partial charge is 0.268 e. The molecule has 0 radical (unpaired) electrons. The summed E-state index contributed by atoms with van der Waals surface area (Å²) < 4.78 is 0. The standard InChI is InChI=1S/C16H15N3O3S.C2H6/c1-8-6-9(7-20)12-13(17)14(23-16(12)18-8)15(22)19-10-4-2-3-5-11(10)21;1-2/h2-6,20-21H,7,17H2,1H3,(H,19,22);1-2H3. The van der Waals surface area contributed by atoms with Crippen molar-refractivity contribution in [3.63, 3.8) is 0 Å². The van der Waals surface area contributed by atoms with E-state index in [1.165, 1.54) is 6.07 Å². The first-order valence-electron chi connectivity index (χ1n) is 7.90. The Morgan fingerprint density at radius 2 is 2.00 bits per heavy atom. The van der Waals surface area contributed by atoms with Gasteiger partial charge in [0.2, 0.25) is 0 Å². The number of carbonyl (C=O) groups is 1. The fourth-order valence-corrected chi connectivity index (χ4v) is 3.47. The molecule has 0 aliphatic heterocycles. The summed E-state index contributed by atoms with van der Waals surface area (Å²) in [6, 6.07) is 8.20. The highest BCUT2D eigenvalue weighted by molar-refractivity contribution is 7.21. The van der Waals surface area contributed by atoms with Gasteiger partial charge in [0.25, 0.3) is 5.91 Å². The van der Waals surface area contributed by atoms with Crippen LogP contribution in [0.25, 0.3) is 10.2 Å². The summed E-state index contributed by atoms with van der Waals surface area (Å²) in [6.45, 7) is 5.64. The van der Waals surface area contributed by atoms with E-state index >= 15 is 0 Å². The molecule has 5 N–H and O–H groups in total. The van der Waals surface area contributed by atoms with E-state index in [0.717, 1.165) is 17.0 Å². The van der Waals surface area contributed by atoms with Crippen LogP contribution in [0.4, 0.5) is 11.4 Å². The Morgan fingerprint density at radius 3 is 2.64 bits per heavy atom. The quantitative estimate of drug-likeness (QED) is 0.534. The van der Waals surface area contributed by atoms with E-state index in [1.54, 1.807) is 24.3 Å². The molecule has 3 rings (SSSR count). The van der Waals surface area contributed by atoms with Gasteiger partial charge in [-0.1, -0.05) is 26.0 Å². The van der Waals surface area contributed by atoms with Crippen molar-refractivity contribution in [3.05, 3.63) is 46.5 Å². The number of aryl methyl sites for hydroxylation is 1. The molecule has 0 saturated heterocycles. The number of para-hydroxylation sites is 2. The molecule has 2 heterocycles. The lowest BCUT2D eigenvalue weighted by molar-refractivity contribution is 0.103. The van der Waals surface area contributed by atoms with Crippen molar-refractivity contribution < 1.29 is 15.0 Å². The highest BCUT2D eigenvalue weighted by Crippen LogP contribution is 2.36. The van der Waals surface area contributed by atoms with Crippen LogP contribution in [0.5, 0.6) is 5.75 Å². The minimum atomic E-state index is -0.423. The van der Waals surface area contributed by atoms with Gasteiger partial charge >= 0.3 is 0 Å². The molecule has 2 aromatic heterocycles. The number of pyridine rings is 1. The van der Waals surface area contributed by atoms with Gasteiger partial charge in [0.15, 0.2) is 0 Å². The van der Waals surface area contributed by atoms with Crippen LogP contribution < -0.4 is 11.1 Å². The van der Waals surface area contributed by atoms with Gasteiger partial charge in [-0.25, -0.2) is 4.98 Å². The van der Waals surface area contributed by atoms with E-state index in [0.29, 0.717) is 26.3 Å². The number of anilines is 2. The summed E-state index contributed by atoms with van der Waals surface area (Å²) in [7, 11) is 0. The summed E-state index contributed by atoms with van der Waals surface area (Å²) >= 11 is 1.16. The fourth-order valence-electron chi connectivity index (χ4n) is 2.39. The minimum absolute atomic E-state index is 0.0226. The predicted molar refractivity (Wildman–Crippen MR) is 102 cm³/mol. The van der Waals surface area contributed by atoms with E-state index in [2.05, 4.69) is 10.3 Å². The molecule has 0 aliphatic carbocycles. The first-order chi connectivity index (χ1) is 12.0. The number of hydrogen-bond acceptors (Lipinski definition) is 6. The number of phenols is 1. The van der Waals surface area contributed by atoms with Crippen LogP contribution in [0.15, 0.2) is 30.3 Å². The fraction of sp³-hybridized carbons (Fsp3) is 0.222. The topological polar surface area (TPSA) is 108 Å². The number of phenolic OH excluding ortho intramolecular Hbond substituents is 1. The number of aromatic nitrogens is 1. The number of aliphatic hydroxyl groups excluding tert-OH is 1. The van der Waals surface area contributed by atoms with Crippen molar-refractivity contribution in [1.29, 1.82) is 0 Å². The van der Waals surface area contributed by atoms with Gasteiger partial charge in [0.1, 0.15) is 15.5 Å². The molecule has 132 valence electrons. The van der Waals surface area contributed by atoms with Crippen LogP contribution in [0, 0.1) is 6.92 Å². The van der Waals surface area contributed by atoms with E-state index in [9.17, 15) is 15.0 Å². The Bertz CT molecular complexity index is 906. The van der Waals surface area contributed by atoms with Crippen molar-refractivity contribution in [2.24, 2.45) is 0 Å². The van der Waals surface area contributed by atoms with Gasteiger partial charge in [-0.15, -0.1) is 11.3 Å². The monoisotopic (exact) mass is 359 g/mol. The number of nitrogen functional groups attached to an aromatic ring is 1. The van der Waals surface area contributed by atoms with Crippen LogP contribution in [-0.4, -0.2) is 21.1 Å².